The Balaban J connectivity index is 2.14. The van der Waals surface area contributed by atoms with Crippen LogP contribution in [0.5, 0.6) is 5.75 Å². The summed E-state index contributed by atoms with van der Waals surface area (Å²) in [6.07, 6.45) is 1.80. The lowest BCUT2D eigenvalue weighted by Gasteiger charge is -2.07. The number of benzene rings is 1. The molecule has 1 aromatic carbocycles. The number of nitrogens with zero attached hydrogens (tertiary/aromatic N) is 5. The van der Waals surface area contributed by atoms with Crippen LogP contribution in [0, 0.1) is 6.92 Å². The van der Waals surface area contributed by atoms with E-state index < -0.39 is 11.2 Å². The van der Waals surface area contributed by atoms with Gasteiger partial charge in [0.25, 0.3) is 5.56 Å². The molecule has 0 radical (unpaired) electrons. The van der Waals surface area contributed by atoms with Gasteiger partial charge >= 0.3 is 5.69 Å². The summed E-state index contributed by atoms with van der Waals surface area (Å²) in [6, 6.07) is 6.77. The van der Waals surface area contributed by atoms with Gasteiger partial charge in [0.1, 0.15) is 5.75 Å². The van der Waals surface area contributed by atoms with Gasteiger partial charge in [0.05, 0.1) is 12.2 Å². The summed E-state index contributed by atoms with van der Waals surface area (Å²) in [7, 11) is 1.59. The third-order valence-electron chi connectivity index (χ3n) is 4.54. The zero-order valence-corrected chi connectivity index (χ0v) is 15.3. The summed E-state index contributed by atoms with van der Waals surface area (Å²) < 4.78 is 6.05. The van der Waals surface area contributed by atoms with Crippen molar-refractivity contribution < 1.29 is 5.11 Å². The summed E-state index contributed by atoms with van der Waals surface area (Å²) >= 11 is 0. The minimum absolute atomic E-state index is 0.131. The molecular formula is C19H19N5O3. The summed E-state index contributed by atoms with van der Waals surface area (Å²) in [5.41, 5.74) is 2.06. The first kappa shape index (κ1) is 16.9. The summed E-state index contributed by atoms with van der Waals surface area (Å²) in [4.78, 5) is 30.2. The molecular weight excluding hydrogens is 346 g/mol. The van der Waals surface area contributed by atoms with Crippen LogP contribution in [0.25, 0.3) is 22.6 Å². The maximum Gasteiger partial charge on any atom is 0.332 e. The Labute approximate surface area is 153 Å². The van der Waals surface area contributed by atoms with Gasteiger partial charge in [0, 0.05) is 25.0 Å². The number of allylic oxidation sites excluding steroid dienone is 1. The molecule has 0 aliphatic heterocycles. The van der Waals surface area contributed by atoms with Gasteiger partial charge in [-0.05, 0) is 26.0 Å². The molecule has 0 bridgehead atoms. The van der Waals surface area contributed by atoms with Gasteiger partial charge in [0.2, 0.25) is 5.78 Å². The summed E-state index contributed by atoms with van der Waals surface area (Å²) in [5.74, 6) is 0.624. The van der Waals surface area contributed by atoms with Crippen molar-refractivity contribution in [3.05, 3.63) is 69.1 Å². The lowest BCUT2D eigenvalue weighted by Crippen LogP contribution is -2.39. The molecule has 8 nitrogen and oxygen atoms in total. The average Bonchev–Trinajstić information content (AvgIpc) is 3.11. The number of imidazole rings is 2. The smallest absolute Gasteiger partial charge is 0.332 e. The molecule has 1 N–H and O–H groups in total. The first-order valence-electron chi connectivity index (χ1n) is 8.43. The number of rotatable bonds is 3. The van der Waals surface area contributed by atoms with Crippen molar-refractivity contribution in [1.29, 1.82) is 0 Å². The Morgan fingerprint density at radius 3 is 2.70 bits per heavy atom. The normalized spacial score (nSPS) is 11.5. The van der Waals surface area contributed by atoms with Gasteiger partial charge in [-0.25, -0.2) is 4.79 Å². The summed E-state index contributed by atoms with van der Waals surface area (Å²) in [6.45, 7) is 7.61. The van der Waals surface area contributed by atoms with Gasteiger partial charge in [-0.2, -0.15) is 4.98 Å². The number of aromatic nitrogens is 5. The largest absolute Gasteiger partial charge is 0.508 e. The number of aryl methyl sites for hydroxylation is 2. The molecule has 0 saturated heterocycles. The molecule has 0 aliphatic carbocycles. The molecule has 3 heterocycles. The Bertz CT molecular complexity index is 1350. The van der Waals surface area contributed by atoms with Crippen molar-refractivity contribution in [1.82, 2.24) is 23.1 Å². The van der Waals surface area contributed by atoms with E-state index in [1.165, 1.54) is 9.13 Å². The monoisotopic (exact) mass is 365 g/mol. The zero-order chi connectivity index (χ0) is 19.5. The fraction of sp³-hybridized carbons (Fsp3) is 0.211. The van der Waals surface area contributed by atoms with Crippen LogP contribution in [-0.4, -0.2) is 28.2 Å². The highest BCUT2D eigenvalue weighted by molar-refractivity contribution is 5.76. The second-order valence-electron chi connectivity index (χ2n) is 6.77. The number of hydrogen-bond donors (Lipinski definition) is 1. The van der Waals surface area contributed by atoms with Crippen LogP contribution in [0.4, 0.5) is 0 Å². The molecule has 0 spiro atoms. The van der Waals surface area contributed by atoms with E-state index in [1.54, 1.807) is 42.8 Å². The topological polar surface area (TPSA) is 86.5 Å². The van der Waals surface area contributed by atoms with Crippen molar-refractivity contribution >= 4 is 16.9 Å². The molecule has 0 aliphatic rings. The number of aromatic hydroxyl groups is 1. The lowest BCUT2D eigenvalue weighted by atomic mass is 10.3. The van der Waals surface area contributed by atoms with E-state index in [0.29, 0.717) is 28.2 Å². The van der Waals surface area contributed by atoms with Crippen LogP contribution >= 0.6 is 0 Å². The molecule has 4 aromatic rings. The highest BCUT2D eigenvalue weighted by Crippen LogP contribution is 2.23. The Kier molecular flexibility index (Phi) is 3.59. The molecule has 0 saturated carbocycles. The fourth-order valence-corrected chi connectivity index (χ4v) is 3.37. The SMILES string of the molecule is C=C(C)Cn1c(=O)c2c(nc3n(-c4cccc(O)c4)c(C)cn23)n(C)c1=O. The van der Waals surface area contributed by atoms with E-state index in [-0.39, 0.29) is 12.3 Å². The minimum atomic E-state index is -0.433. The van der Waals surface area contributed by atoms with Crippen LogP contribution in [0.2, 0.25) is 0 Å². The molecule has 27 heavy (non-hydrogen) atoms. The average molecular weight is 365 g/mol. The van der Waals surface area contributed by atoms with Gasteiger partial charge < -0.3 is 5.11 Å². The Hall–Kier alpha value is -3.55. The molecule has 0 atom stereocenters. The minimum Gasteiger partial charge on any atom is -0.508 e. The van der Waals surface area contributed by atoms with Crippen LogP contribution in [0.15, 0.2) is 52.2 Å². The van der Waals surface area contributed by atoms with Crippen molar-refractivity contribution in [2.75, 3.05) is 0 Å². The molecule has 138 valence electrons. The fourth-order valence-electron chi connectivity index (χ4n) is 3.37. The van der Waals surface area contributed by atoms with Gasteiger partial charge in [-0.15, -0.1) is 0 Å². The Morgan fingerprint density at radius 2 is 2.04 bits per heavy atom. The standard InChI is InChI=1S/C19H19N5O3/c1-11(2)9-23-17(26)15-16(21(4)19(23)27)20-18-22(15)10-12(3)24(18)13-6-5-7-14(25)8-13/h5-8,10,25H,1,9H2,2-4H3. The second-order valence-corrected chi connectivity index (χ2v) is 6.77. The number of hydrogen-bond acceptors (Lipinski definition) is 4. The van der Waals surface area contributed by atoms with Crippen LogP contribution < -0.4 is 11.2 Å². The van der Waals surface area contributed by atoms with Crippen molar-refractivity contribution in [3.8, 4) is 11.4 Å². The molecule has 3 aromatic heterocycles. The predicted molar refractivity (Wildman–Crippen MR) is 103 cm³/mol. The van der Waals surface area contributed by atoms with Crippen molar-refractivity contribution in [2.24, 2.45) is 7.05 Å². The van der Waals surface area contributed by atoms with E-state index in [0.717, 1.165) is 5.69 Å². The highest BCUT2D eigenvalue weighted by Gasteiger charge is 2.20. The lowest BCUT2D eigenvalue weighted by molar-refractivity contribution is 0.475. The zero-order valence-electron chi connectivity index (χ0n) is 15.3. The molecule has 4 rings (SSSR count). The Morgan fingerprint density at radius 1 is 1.30 bits per heavy atom. The number of phenolic OH excluding ortho intramolecular Hbond substituents is 1. The van der Waals surface area contributed by atoms with Crippen molar-refractivity contribution in [2.45, 2.75) is 20.4 Å². The molecule has 0 fully saturated rings. The van der Waals surface area contributed by atoms with E-state index >= 15 is 0 Å². The van der Waals surface area contributed by atoms with Crippen LogP contribution in [0.3, 0.4) is 0 Å². The van der Waals surface area contributed by atoms with Crippen molar-refractivity contribution in [3.63, 3.8) is 0 Å². The van der Waals surface area contributed by atoms with Gasteiger partial charge in [-0.3, -0.25) is 22.9 Å². The predicted octanol–water partition coefficient (Wildman–Crippen LogP) is 1.73. The van der Waals surface area contributed by atoms with Crippen LogP contribution in [-0.2, 0) is 13.6 Å². The third-order valence-corrected chi connectivity index (χ3v) is 4.54. The van der Waals surface area contributed by atoms with Crippen LogP contribution in [0.1, 0.15) is 12.6 Å². The van der Waals surface area contributed by atoms with E-state index in [9.17, 15) is 14.7 Å². The first-order valence-corrected chi connectivity index (χ1v) is 8.43. The van der Waals surface area contributed by atoms with Gasteiger partial charge in [0.15, 0.2) is 11.2 Å². The number of fused-ring (bicyclic) bond motifs is 3. The molecule has 8 heteroatoms. The quantitative estimate of drug-likeness (QED) is 0.560. The second kappa shape index (κ2) is 5.73. The maximum atomic E-state index is 13.0. The maximum absolute atomic E-state index is 13.0. The summed E-state index contributed by atoms with van der Waals surface area (Å²) in [5, 5.41) is 9.81. The van der Waals surface area contributed by atoms with E-state index in [1.807, 2.05) is 17.6 Å². The van der Waals surface area contributed by atoms with E-state index in [4.69, 9.17) is 0 Å². The molecule has 0 amide bonds. The molecule has 0 unspecified atom stereocenters. The first-order chi connectivity index (χ1) is 12.8. The van der Waals surface area contributed by atoms with Gasteiger partial charge in [-0.1, -0.05) is 18.2 Å². The van der Waals surface area contributed by atoms with E-state index in [2.05, 4.69) is 11.6 Å². The third kappa shape index (κ3) is 2.41. The highest BCUT2D eigenvalue weighted by atomic mass is 16.3. The number of phenols is 1.